The second-order valence-corrected chi connectivity index (χ2v) is 14.5. The molecule has 3 aromatic rings. The van der Waals surface area contributed by atoms with Gasteiger partial charge in [-0.15, -0.1) is 0 Å². The van der Waals surface area contributed by atoms with Gasteiger partial charge in [-0.1, -0.05) is 30.3 Å². The highest BCUT2D eigenvalue weighted by molar-refractivity contribution is 5.93. The van der Waals surface area contributed by atoms with Crippen molar-refractivity contribution in [2.45, 2.75) is 70.8 Å². The normalized spacial score (nSPS) is 17.4. The van der Waals surface area contributed by atoms with E-state index < -0.39 is 29.5 Å². The minimum Gasteiger partial charge on any atom is -0.444 e. The molecule has 2 aromatic carbocycles. The van der Waals surface area contributed by atoms with Crippen LogP contribution in [0.2, 0.25) is 0 Å². The molecule has 0 spiro atoms. The lowest BCUT2D eigenvalue weighted by atomic mass is 9.95. The number of hydrogen-bond donors (Lipinski definition) is 2. The predicted molar refractivity (Wildman–Crippen MR) is 185 cm³/mol. The van der Waals surface area contributed by atoms with Crippen molar-refractivity contribution in [3.63, 3.8) is 0 Å². The van der Waals surface area contributed by atoms with Crippen LogP contribution in [0.1, 0.15) is 85.4 Å². The second-order valence-electron chi connectivity index (χ2n) is 14.5. The molecule has 0 bridgehead atoms. The molecule has 3 aliphatic rings. The number of alkyl carbamates (subject to hydrolysis) is 1. The van der Waals surface area contributed by atoms with Crippen molar-refractivity contribution < 1.29 is 37.0 Å². The topological polar surface area (TPSA) is 113 Å². The van der Waals surface area contributed by atoms with E-state index in [4.69, 9.17) is 14.5 Å². The van der Waals surface area contributed by atoms with Crippen molar-refractivity contribution in [3.05, 3.63) is 82.7 Å². The maximum atomic E-state index is 13.7. The van der Waals surface area contributed by atoms with Crippen LogP contribution >= 0.6 is 0 Å². The molecule has 1 aliphatic carbocycles. The lowest BCUT2D eigenvalue weighted by Gasteiger charge is -2.39. The highest BCUT2D eigenvalue weighted by Gasteiger charge is 2.34. The lowest BCUT2D eigenvalue weighted by molar-refractivity contribution is -0.150. The number of carbonyl (C=O) groups is 3. The number of pyridine rings is 1. The molecule has 13 heteroatoms. The van der Waals surface area contributed by atoms with Crippen LogP contribution < -0.4 is 15.5 Å². The summed E-state index contributed by atoms with van der Waals surface area (Å²) in [6.45, 7) is 10.5. The fraction of sp³-hybridized carbons (Fsp3) is 0.474. The summed E-state index contributed by atoms with van der Waals surface area (Å²) in [6.07, 6.45) is -3.17. The molecule has 0 unspecified atom stereocenters. The zero-order valence-electron chi connectivity index (χ0n) is 29.3. The summed E-state index contributed by atoms with van der Waals surface area (Å²) in [6, 6.07) is 13.8. The van der Waals surface area contributed by atoms with Gasteiger partial charge < -0.3 is 29.9 Å². The van der Waals surface area contributed by atoms with Crippen LogP contribution in [0, 0.1) is 5.92 Å². The van der Waals surface area contributed by atoms with E-state index in [0.29, 0.717) is 67.7 Å². The van der Waals surface area contributed by atoms with Crippen molar-refractivity contribution in [2.24, 2.45) is 5.92 Å². The molecule has 2 saturated heterocycles. The Balaban J connectivity index is 1.14. The highest BCUT2D eigenvalue weighted by Crippen LogP contribution is 2.40. The van der Waals surface area contributed by atoms with Crippen LogP contribution in [0.25, 0.3) is 11.1 Å². The highest BCUT2D eigenvalue weighted by atomic mass is 19.4. The second kappa shape index (κ2) is 14.5. The molecule has 272 valence electrons. The quantitative estimate of drug-likeness (QED) is 0.263. The molecule has 0 radical (unpaired) electrons. The van der Waals surface area contributed by atoms with E-state index >= 15 is 0 Å². The SMILES string of the molecule is C[C@@H](NC(=O)c1cc(N2CCN(C(=O)C3COC3)CC2)cc(C2CC2)n1)c1ccc(-c2cc(C(F)(F)F)ccc2CNC(=O)OC(C)(C)C)cc1. The summed E-state index contributed by atoms with van der Waals surface area (Å²) in [5.41, 5.74) is 2.67. The molecule has 1 atom stereocenters. The van der Waals surface area contributed by atoms with Crippen LogP contribution in [-0.4, -0.2) is 72.8 Å². The van der Waals surface area contributed by atoms with E-state index in [0.717, 1.165) is 41.9 Å². The molecule has 51 heavy (non-hydrogen) atoms. The molecular formula is C38H44F3N5O5. The Hall–Kier alpha value is -4.65. The van der Waals surface area contributed by atoms with E-state index in [2.05, 4.69) is 21.6 Å². The first-order chi connectivity index (χ1) is 24.1. The number of halogens is 3. The number of nitrogens with zero attached hydrogens (tertiary/aromatic N) is 3. The minimum absolute atomic E-state index is 0.0325. The van der Waals surface area contributed by atoms with Gasteiger partial charge in [0.2, 0.25) is 5.91 Å². The van der Waals surface area contributed by atoms with Crippen molar-refractivity contribution in [3.8, 4) is 11.1 Å². The maximum absolute atomic E-state index is 13.7. The average molecular weight is 708 g/mol. The Morgan fingerprint density at radius 2 is 1.65 bits per heavy atom. The number of rotatable bonds is 9. The summed E-state index contributed by atoms with van der Waals surface area (Å²) in [4.78, 5) is 47.3. The summed E-state index contributed by atoms with van der Waals surface area (Å²) in [5, 5.41) is 5.66. The minimum atomic E-state index is -4.55. The molecule has 2 N–H and O–H groups in total. The van der Waals surface area contributed by atoms with E-state index in [-0.39, 0.29) is 24.3 Å². The first-order valence-corrected chi connectivity index (χ1v) is 17.4. The van der Waals surface area contributed by atoms with Crippen LogP contribution in [0.3, 0.4) is 0 Å². The predicted octanol–water partition coefficient (Wildman–Crippen LogP) is 6.46. The number of aromatic nitrogens is 1. The Labute approximate surface area is 295 Å². The van der Waals surface area contributed by atoms with Crippen LogP contribution in [0.15, 0.2) is 54.6 Å². The van der Waals surface area contributed by atoms with Gasteiger partial charge in [0.15, 0.2) is 0 Å². The number of carbonyl (C=O) groups excluding carboxylic acids is 3. The number of nitrogens with one attached hydrogen (secondary N) is 2. The third-order valence-corrected chi connectivity index (χ3v) is 9.33. The molecule has 1 saturated carbocycles. The standard InChI is InChI=1S/C38H44F3N5O5/c1-23(24-5-7-25(8-6-24)31-17-29(38(39,40)41)12-11-27(31)20-42-36(49)51-37(2,3)4)43-34(47)33-19-30(18-32(44-33)26-9-10-26)45-13-15-46(16-14-45)35(48)28-21-50-22-28/h5-8,11-12,17-19,23,26,28H,9-10,13-16,20-22H2,1-4H3,(H,42,49)(H,43,47)/t23-/m1/s1. The molecule has 3 amide bonds. The first kappa shape index (κ1) is 36.2. The molecule has 3 fully saturated rings. The summed E-state index contributed by atoms with van der Waals surface area (Å²) in [5.74, 6) is 0.0889. The van der Waals surface area contributed by atoms with Gasteiger partial charge in [-0.05, 0) is 87.1 Å². The van der Waals surface area contributed by atoms with Gasteiger partial charge in [0.05, 0.1) is 30.7 Å². The van der Waals surface area contributed by atoms with Crippen molar-refractivity contribution in [2.75, 3.05) is 44.3 Å². The maximum Gasteiger partial charge on any atom is 0.416 e. The molecule has 1 aromatic heterocycles. The molecule has 3 heterocycles. The number of benzene rings is 2. The third-order valence-electron chi connectivity index (χ3n) is 9.33. The zero-order valence-corrected chi connectivity index (χ0v) is 29.3. The largest absolute Gasteiger partial charge is 0.444 e. The Kier molecular flexibility index (Phi) is 10.3. The van der Waals surface area contributed by atoms with Gasteiger partial charge in [0.25, 0.3) is 5.91 Å². The molecule has 6 rings (SSSR count). The van der Waals surface area contributed by atoms with Crippen LogP contribution in [0.4, 0.5) is 23.7 Å². The first-order valence-electron chi connectivity index (χ1n) is 17.4. The number of ether oxygens (including phenoxy) is 2. The number of hydrogen-bond acceptors (Lipinski definition) is 7. The van der Waals surface area contributed by atoms with E-state index in [9.17, 15) is 27.6 Å². The van der Waals surface area contributed by atoms with Gasteiger partial charge >= 0.3 is 12.3 Å². The number of anilines is 1. The molecule has 2 aliphatic heterocycles. The Morgan fingerprint density at radius 1 is 0.961 bits per heavy atom. The van der Waals surface area contributed by atoms with Gasteiger partial charge in [-0.3, -0.25) is 9.59 Å². The summed E-state index contributed by atoms with van der Waals surface area (Å²) < 4.78 is 51.5. The van der Waals surface area contributed by atoms with Gasteiger partial charge in [0, 0.05) is 50.0 Å². The average Bonchev–Trinajstić information content (AvgIpc) is 3.91. The Morgan fingerprint density at radius 3 is 2.24 bits per heavy atom. The fourth-order valence-electron chi connectivity index (χ4n) is 6.21. The number of piperazine rings is 1. The van der Waals surface area contributed by atoms with Crippen molar-refractivity contribution in [1.82, 2.24) is 20.5 Å². The summed E-state index contributed by atoms with van der Waals surface area (Å²) >= 11 is 0. The van der Waals surface area contributed by atoms with E-state index in [1.54, 1.807) is 51.1 Å². The lowest BCUT2D eigenvalue weighted by Crippen LogP contribution is -2.53. The van der Waals surface area contributed by atoms with E-state index in [1.165, 1.54) is 6.07 Å². The van der Waals surface area contributed by atoms with Crippen LogP contribution in [0.5, 0.6) is 0 Å². The summed E-state index contributed by atoms with van der Waals surface area (Å²) in [7, 11) is 0. The fourth-order valence-corrected chi connectivity index (χ4v) is 6.21. The Bertz CT molecular complexity index is 1760. The van der Waals surface area contributed by atoms with Gasteiger partial charge in [-0.2, -0.15) is 13.2 Å². The van der Waals surface area contributed by atoms with Gasteiger partial charge in [-0.25, -0.2) is 9.78 Å². The monoisotopic (exact) mass is 707 g/mol. The third kappa shape index (κ3) is 8.99. The molecule has 10 nitrogen and oxygen atoms in total. The van der Waals surface area contributed by atoms with E-state index in [1.807, 2.05) is 11.8 Å². The zero-order chi connectivity index (χ0) is 36.5. The van der Waals surface area contributed by atoms with Crippen molar-refractivity contribution >= 4 is 23.6 Å². The molecular weight excluding hydrogens is 663 g/mol. The van der Waals surface area contributed by atoms with Gasteiger partial charge in [0.1, 0.15) is 11.3 Å². The van der Waals surface area contributed by atoms with Crippen molar-refractivity contribution in [1.29, 1.82) is 0 Å². The number of alkyl halides is 3. The number of amides is 3. The van der Waals surface area contributed by atoms with Crippen LogP contribution in [-0.2, 0) is 27.0 Å². The smallest absolute Gasteiger partial charge is 0.416 e.